The Morgan fingerprint density at radius 1 is 1.12 bits per heavy atom. The third kappa shape index (κ3) is 2.43. The van der Waals surface area contributed by atoms with E-state index in [4.69, 9.17) is 0 Å². The molecule has 0 aliphatic heterocycles. The Balaban J connectivity index is 2.48. The fraction of sp³-hybridized carbons (Fsp3) is 0.562. The van der Waals surface area contributed by atoms with Crippen LogP contribution in [0.2, 0.25) is 0 Å². The normalized spacial score (nSPS) is 19.0. The molecule has 1 aromatic carbocycles. The van der Waals surface area contributed by atoms with Gasteiger partial charge in [0.2, 0.25) is 0 Å². The minimum atomic E-state index is 0.113. The molecule has 1 heteroatoms. The van der Waals surface area contributed by atoms with Crippen molar-refractivity contribution < 1.29 is 4.79 Å². The van der Waals surface area contributed by atoms with E-state index in [1.54, 1.807) is 0 Å². The molecule has 0 fully saturated rings. The van der Waals surface area contributed by atoms with Crippen molar-refractivity contribution in [2.75, 3.05) is 0 Å². The molecular weight excluding hydrogens is 208 g/mol. The zero-order valence-corrected chi connectivity index (χ0v) is 11.6. The first-order valence-corrected chi connectivity index (χ1v) is 6.36. The van der Waals surface area contributed by atoms with Crippen LogP contribution < -0.4 is 0 Å². The van der Waals surface area contributed by atoms with Gasteiger partial charge in [-0.15, -0.1) is 0 Å². The van der Waals surface area contributed by atoms with E-state index in [9.17, 15) is 4.79 Å². The van der Waals surface area contributed by atoms with Crippen molar-refractivity contribution in [1.82, 2.24) is 0 Å². The third-order valence-electron chi connectivity index (χ3n) is 3.58. The quantitative estimate of drug-likeness (QED) is 0.654. The summed E-state index contributed by atoms with van der Waals surface area (Å²) >= 11 is 0. The summed E-state index contributed by atoms with van der Waals surface area (Å²) in [5.74, 6) is 0.308. The SMILES string of the molecule is CC1(C)CC(=O)c2cc(C(C)(C)C)ccc2C1. The number of carbonyl (C=O) groups excluding carboxylic acids is 1. The Bertz CT molecular complexity index is 461. The van der Waals surface area contributed by atoms with Crippen LogP contribution in [0.4, 0.5) is 0 Å². The van der Waals surface area contributed by atoms with E-state index in [2.05, 4.69) is 52.8 Å². The molecule has 92 valence electrons. The van der Waals surface area contributed by atoms with Gasteiger partial charge in [-0.3, -0.25) is 4.79 Å². The number of fused-ring (bicyclic) bond motifs is 1. The van der Waals surface area contributed by atoms with Gasteiger partial charge in [-0.25, -0.2) is 0 Å². The fourth-order valence-electron chi connectivity index (χ4n) is 2.56. The van der Waals surface area contributed by atoms with Gasteiger partial charge >= 0.3 is 0 Å². The van der Waals surface area contributed by atoms with E-state index < -0.39 is 0 Å². The van der Waals surface area contributed by atoms with E-state index in [0.29, 0.717) is 12.2 Å². The van der Waals surface area contributed by atoms with Gasteiger partial charge in [0.25, 0.3) is 0 Å². The molecule has 1 aliphatic carbocycles. The van der Waals surface area contributed by atoms with Crippen molar-refractivity contribution in [3.63, 3.8) is 0 Å². The predicted octanol–water partition coefficient (Wildman–Crippen LogP) is 4.14. The summed E-state index contributed by atoms with van der Waals surface area (Å²) < 4.78 is 0. The van der Waals surface area contributed by atoms with Crippen LogP contribution in [0.25, 0.3) is 0 Å². The van der Waals surface area contributed by atoms with Gasteiger partial charge in [0.1, 0.15) is 0 Å². The summed E-state index contributed by atoms with van der Waals surface area (Å²) in [6, 6.07) is 6.43. The lowest BCUT2D eigenvalue weighted by molar-refractivity contribution is 0.0912. The van der Waals surface area contributed by atoms with Gasteiger partial charge in [-0.1, -0.05) is 46.8 Å². The van der Waals surface area contributed by atoms with Crippen molar-refractivity contribution in [3.05, 3.63) is 34.9 Å². The average Bonchev–Trinajstić information content (AvgIpc) is 2.13. The van der Waals surface area contributed by atoms with Crippen LogP contribution in [0.1, 0.15) is 62.5 Å². The van der Waals surface area contributed by atoms with Gasteiger partial charge in [0.15, 0.2) is 5.78 Å². The van der Waals surface area contributed by atoms with Crippen LogP contribution in [-0.4, -0.2) is 5.78 Å². The third-order valence-corrected chi connectivity index (χ3v) is 3.58. The highest BCUT2D eigenvalue weighted by Gasteiger charge is 2.31. The van der Waals surface area contributed by atoms with Crippen molar-refractivity contribution in [3.8, 4) is 0 Å². The largest absolute Gasteiger partial charge is 0.294 e. The lowest BCUT2D eigenvalue weighted by atomic mass is 9.72. The standard InChI is InChI=1S/C16H22O/c1-15(2,3)12-7-6-11-9-16(4,5)10-14(17)13(11)8-12/h6-8H,9-10H2,1-5H3. The van der Waals surface area contributed by atoms with Crippen molar-refractivity contribution >= 4 is 5.78 Å². The number of benzene rings is 1. The summed E-state index contributed by atoms with van der Waals surface area (Å²) in [4.78, 5) is 12.2. The van der Waals surface area contributed by atoms with Crippen molar-refractivity contribution in [2.24, 2.45) is 5.41 Å². The lowest BCUT2D eigenvalue weighted by Gasteiger charge is -2.31. The van der Waals surface area contributed by atoms with Crippen molar-refractivity contribution in [1.29, 1.82) is 0 Å². The zero-order chi connectivity index (χ0) is 12.8. The van der Waals surface area contributed by atoms with Gasteiger partial charge < -0.3 is 0 Å². The predicted molar refractivity (Wildman–Crippen MR) is 71.6 cm³/mol. The number of rotatable bonds is 0. The molecule has 0 atom stereocenters. The Labute approximate surface area is 104 Å². The maximum absolute atomic E-state index is 12.2. The molecule has 1 nitrogen and oxygen atoms in total. The molecule has 0 bridgehead atoms. The van der Waals surface area contributed by atoms with E-state index in [1.165, 1.54) is 11.1 Å². The molecule has 2 rings (SSSR count). The van der Waals surface area contributed by atoms with E-state index in [-0.39, 0.29) is 10.8 Å². The number of ketones is 1. The molecule has 17 heavy (non-hydrogen) atoms. The first-order chi connectivity index (χ1) is 7.69. The van der Waals surface area contributed by atoms with Crippen LogP contribution in [0.5, 0.6) is 0 Å². The molecule has 0 amide bonds. The van der Waals surface area contributed by atoms with Gasteiger partial charge in [0.05, 0.1) is 0 Å². The highest BCUT2D eigenvalue weighted by Crippen LogP contribution is 2.36. The molecule has 0 saturated carbocycles. The summed E-state index contributed by atoms with van der Waals surface area (Å²) in [6.07, 6.45) is 1.69. The second kappa shape index (κ2) is 3.69. The minimum Gasteiger partial charge on any atom is -0.294 e. The van der Waals surface area contributed by atoms with E-state index in [1.807, 2.05) is 0 Å². The summed E-state index contributed by atoms with van der Waals surface area (Å²) in [5, 5.41) is 0. The molecular formula is C16H22O. The first-order valence-electron chi connectivity index (χ1n) is 6.36. The number of Topliss-reactive ketones (excluding diaryl/α,β-unsaturated/α-hetero) is 1. The molecule has 0 saturated heterocycles. The maximum Gasteiger partial charge on any atom is 0.163 e. The summed E-state index contributed by atoms with van der Waals surface area (Å²) in [7, 11) is 0. The Kier molecular flexibility index (Phi) is 2.68. The molecule has 0 unspecified atom stereocenters. The number of carbonyl (C=O) groups is 1. The second-order valence-electron chi connectivity index (χ2n) is 7.06. The highest BCUT2D eigenvalue weighted by atomic mass is 16.1. The van der Waals surface area contributed by atoms with Gasteiger partial charge in [0, 0.05) is 12.0 Å². The molecule has 0 aromatic heterocycles. The van der Waals surface area contributed by atoms with E-state index in [0.717, 1.165) is 12.0 Å². The van der Waals surface area contributed by atoms with Crippen LogP contribution in [-0.2, 0) is 11.8 Å². The molecule has 0 heterocycles. The summed E-state index contributed by atoms with van der Waals surface area (Å²) in [5.41, 5.74) is 3.66. The second-order valence-corrected chi connectivity index (χ2v) is 7.06. The Morgan fingerprint density at radius 3 is 2.35 bits per heavy atom. The maximum atomic E-state index is 12.2. The Hall–Kier alpha value is -1.11. The minimum absolute atomic E-state index is 0.113. The Morgan fingerprint density at radius 2 is 1.76 bits per heavy atom. The van der Waals surface area contributed by atoms with E-state index >= 15 is 0 Å². The first kappa shape index (κ1) is 12.3. The van der Waals surface area contributed by atoms with Crippen molar-refractivity contribution in [2.45, 2.75) is 52.9 Å². The molecule has 1 aromatic rings. The zero-order valence-electron chi connectivity index (χ0n) is 11.6. The monoisotopic (exact) mass is 230 g/mol. The molecule has 1 aliphatic rings. The molecule has 0 N–H and O–H groups in total. The molecule has 0 radical (unpaired) electrons. The van der Waals surface area contributed by atoms with Gasteiger partial charge in [-0.2, -0.15) is 0 Å². The van der Waals surface area contributed by atoms with Crippen LogP contribution in [0.15, 0.2) is 18.2 Å². The average molecular weight is 230 g/mol. The topological polar surface area (TPSA) is 17.1 Å². The van der Waals surface area contributed by atoms with Crippen LogP contribution in [0.3, 0.4) is 0 Å². The highest BCUT2D eigenvalue weighted by molar-refractivity contribution is 5.99. The molecule has 0 spiro atoms. The smallest absolute Gasteiger partial charge is 0.163 e. The summed E-state index contributed by atoms with van der Waals surface area (Å²) in [6.45, 7) is 10.9. The lowest BCUT2D eigenvalue weighted by Crippen LogP contribution is -2.27. The van der Waals surface area contributed by atoms with Crippen LogP contribution >= 0.6 is 0 Å². The number of hydrogen-bond acceptors (Lipinski definition) is 1. The van der Waals surface area contributed by atoms with Crippen LogP contribution in [0, 0.1) is 5.41 Å². The van der Waals surface area contributed by atoms with Gasteiger partial charge in [-0.05, 0) is 34.4 Å². The fourth-order valence-corrected chi connectivity index (χ4v) is 2.56. The number of hydrogen-bond donors (Lipinski definition) is 0.